The average molecular weight is 307 g/mol. The Morgan fingerprint density at radius 2 is 1.78 bits per heavy atom. The van der Waals surface area contributed by atoms with Gasteiger partial charge in [0.15, 0.2) is 0 Å². The Balaban J connectivity index is 2.24. The van der Waals surface area contributed by atoms with E-state index < -0.39 is 0 Å². The number of nitrogens with one attached hydrogen (secondary N) is 1. The number of carbonyl (C=O) groups is 1. The minimum Gasteiger partial charge on any atom is -0.365 e. The summed E-state index contributed by atoms with van der Waals surface area (Å²) in [5.41, 5.74) is 4.50. The number of hydrogen-bond acceptors (Lipinski definition) is 3. The van der Waals surface area contributed by atoms with Crippen LogP contribution in [0.4, 0.5) is 5.82 Å². The highest BCUT2D eigenvalue weighted by atomic mass is 16.1. The Labute approximate surface area is 136 Å². The van der Waals surface area contributed by atoms with Gasteiger partial charge in [0.25, 0.3) is 0 Å². The van der Waals surface area contributed by atoms with E-state index >= 15 is 0 Å². The summed E-state index contributed by atoms with van der Waals surface area (Å²) in [7, 11) is 0. The number of pyridine rings is 1. The molecular formula is C19H21N3O. The van der Waals surface area contributed by atoms with E-state index in [0.717, 1.165) is 34.7 Å². The minimum atomic E-state index is -0.0876. The fourth-order valence-electron chi connectivity index (χ4n) is 2.65. The molecule has 0 bridgehead atoms. The maximum absolute atomic E-state index is 10.9. The van der Waals surface area contributed by atoms with Gasteiger partial charge in [-0.25, -0.2) is 4.98 Å². The van der Waals surface area contributed by atoms with Crippen molar-refractivity contribution in [2.45, 2.75) is 33.2 Å². The van der Waals surface area contributed by atoms with E-state index in [2.05, 4.69) is 43.5 Å². The van der Waals surface area contributed by atoms with Gasteiger partial charge in [0.1, 0.15) is 23.4 Å². The summed E-state index contributed by atoms with van der Waals surface area (Å²) in [6, 6.07) is 13.6. The number of aldehydes is 1. The molecule has 1 aromatic carbocycles. The molecule has 3 rings (SSSR count). The third-order valence-electron chi connectivity index (χ3n) is 3.65. The maximum Gasteiger partial charge on any atom is 0.150 e. The number of fused-ring (bicyclic) bond motifs is 1. The zero-order chi connectivity index (χ0) is 16.6. The van der Waals surface area contributed by atoms with Gasteiger partial charge >= 0.3 is 0 Å². The van der Waals surface area contributed by atoms with Crippen molar-refractivity contribution in [1.29, 1.82) is 0 Å². The maximum atomic E-state index is 10.9. The van der Waals surface area contributed by atoms with Gasteiger partial charge in [0, 0.05) is 22.4 Å². The van der Waals surface area contributed by atoms with Gasteiger partial charge in [-0.3, -0.25) is 9.20 Å². The molecule has 0 radical (unpaired) electrons. The largest absolute Gasteiger partial charge is 0.365 e. The van der Waals surface area contributed by atoms with Crippen molar-refractivity contribution in [2.75, 3.05) is 5.32 Å². The van der Waals surface area contributed by atoms with E-state index in [1.807, 2.05) is 36.4 Å². The molecule has 118 valence electrons. The lowest BCUT2D eigenvalue weighted by Gasteiger charge is -2.23. The van der Waals surface area contributed by atoms with Crippen LogP contribution in [-0.2, 0) is 0 Å². The molecule has 2 aromatic heterocycles. The molecule has 4 heteroatoms. The molecule has 0 aliphatic carbocycles. The molecule has 4 nitrogen and oxygen atoms in total. The smallest absolute Gasteiger partial charge is 0.150 e. The fraction of sp³-hybridized carbons (Fsp3) is 0.263. The van der Waals surface area contributed by atoms with Crippen LogP contribution in [0.1, 0.15) is 36.8 Å². The van der Waals surface area contributed by atoms with Gasteiger partial charge in [0.05, 0.1) is 0 Å². The molecule has 3 aromatic rings. The highest BCUT2D eigenvalue weighted by molar-refractivity contribution is 5.80. The molecule has 0 fully saturated rings. The van der Waals surface area contributed by atoms with Crippen molar-refractivity contribution < 1.29 is 4.79 Å². The van der Waals surface area contributed by atoms with Crippen LogP contribution in [0.25, 0.3) is 16.9 Å². The summed E-state index contributed by atoms with van der Waals surface area (Å²) >= 11 is 0. The molecule has 2 heterocycles. The Morgan fingerprint density at radius 1 is 1.09 bits per heavy atom. The molecule has 0 aliphatic rings. The third-order valence-corrected chi connectivity index (χ3v) is 3.65. The zero-order valence-corrected chi connectivity index (χ0v) is 13.9. The first-order valence-corrected chi connectivity index (χ1v) is 7.71. The van der Waals surface area contributed by atoms with E-state index in [9.17, 15) is 4.79 Å². The van der Waals surface area contributed by atoms with Crippen molar-refractivity contribution in [3.63, 3.8) is 0 Å². The molecule has 0 atom stereocenters. The topological polar surface area (TPSA) is 46.4 Å². The first-order chi connectivity index (χ1) is 10.9. The lowest BCUT2D eigenvalue weighted by Crippen LogP contribution is -2.27. The molecule has 0 saturated heterocycles. The lowest BCUT2D eigenvalue weighted by atomic mass is 10.1. The summed E-state index contributed by atoms with van der Waals surface area (Å²) in [5.74, 6) is 0.976. The van der Waals surface area contributed by atoms with Gasteiger partial charge in [-0.2, -0.15) is 0 Å². The normalized spacial score (nSPS) is 11.7. The van der Waals surface area contributed by atoms with E-state index in [-0.39, 0.29) is 5.54 Å². The van der Waals surface area contributed by atoms with Gasteiger partial charge in [-0.05, 0) is 39.8 Å². The molecule has 0 saturated carbocycles. The number of rotatable bonds is 3. The summed E-state index contributed by atoms with van der Waals surface area (Å²) in [4.78, 5) is 15.7. The Hall–Kier alpha value is -2.62. The van der Waals surface area contributed by atoms with E-state index in [4.69, 9.17) is 4.98 Å². The van der Waals surface area contributed by atoms with Crippen LogP contribution in [0.3, 0.4) is 0 Å². The second-order valence-corrected chi connectivity index (χ2v) is 6.78. The number of aromatic nitrogens is 2. The van der Waals surface area contributed by atoms with E-state index in [1.165, 1.54) is 0 Å². The minimum absolute atomic E-state index is 0.0876. The number of aryl methyl sites for hydroxylation is 1. The number of nitrogens with zero attached hydrogens (tertiary/aromatic N) is 2. The fourth-order valence-corrected chi connectivity index (χ4v) is 2.65. The van der Waals surface area contributed by atoms with E-state index in [0.29, 0.717) is 5.56 Å². The standard InChI is InChI=1S/C19H21N3O/c1-13-6-5-7-16-20-17(15-10-8-14(12-23)9-11-15)18(22(13)16)21-19(2,3)4/h5-12,21H,1-4H3. The number of benzene rings is 1. The second-order valence-electron chi connectivity index (χ2n) is 6.78. The summed E-state index contributed by atoms with van der Waals surface area (Å²) in [6.45, 7) is 8.46. The molecule has 0 unspecified atom stereocenters. The van der Waals surface area contributed by atoms with Gasteiger partial charge in [0.2, 0.25) is 0 Å². The summed E-state index contributed by atoms with van der Waals surface area (Å²) < 4.78 is 2.13. The molecular weight excluding hydrogens is 286 g/mol. The van der Waals surface area contributed by atoms with Crippen molar-refractivity contribution in [3.05, 3.63) is 53.7 Å². The molecule has 1 N–H and O–H groups in total. The number of imidazole rings is 1. The second kappa shape index (κ2) is 5.54. The number of hydrogen-bond donors (Lipinski definition) is 1. The molecule has 23 heavy (non-hydrogen) atoms. The molecule has 0 aliphatic heterocycles. The van der Waals surface area contributed by atoms with Crippen LogP contribution in [0.15, 0.2) is 42.5 Å². The van der Waals surface area contributed by atoms with Gasteiger partial charge in [-0.1, -0.05) is 30.3 Å². The van der Waals surface area contributed by atoms with Crippen LogP contribution in [0, 0.1) is 6.92 Å². The Morgan fingerprint density at radius 3 is 2.39 bits per heavy atom. The molecule has 0 spiro atoms. The third kappa shape index (κ3) is 2.97. The van der Waals surface area contributed by atoms with Crippen LogP contribution in [-0.4, -0.2) is 21.2 Å². The van der Waals surface area contributed by atoms with Crippen molar-refractivity contribution in [2.24, 2.45) is 0 Å². The monoisotopic (exact) mass is 307 g/mol. The number of anilines is 1. The van der Waals surface area contributed by atoms with Crippen LogP contribution >= 0.6 is 0 Å². The Bertz CT molecular complexity index is 855. The highest BCUT2D eigenvalue weighted by Gasteiger charge is 2.19. The van der Waals surface area contributed by atoms with Gasteiger partial charge in [-0.15, -0.1) is 0 Å². The lowest BCUT2D eigenvalue weighted by molar-refractivity contribution is 0.112. The van der Waals surface area contributed by atoms with Crippen molar-refractivity contribution in [1.82, 2.24) is 9.38 Å². The quantitative estimate of drug-likeness (QED) is 0.732. The zero-order valence-electron chi connectivity index (χ0n) is 13.9. The number of carbonyl (C=O) groups excluding carboxylic acids is 1. The first-order valence-electron chi connectivity index (χ1n) is 7.71. The SMILES string of the molecule is Cc1cccc2nc(-c3ccc(C=O)cc3)c(NC(C)(C)C)n12. The van der Waals surface area contributed by atoms with Crippen LogP contribution in [0.5, 0.6) is 0 Å². The highest BCUT2D eigenvalue weighted by Crippen LogP contribution is 2.31. The average Bonchev–Trinajstić information content (AvgIpc) is 2.85. The van der Waals surface area contributed by atoms with E-state index in [1.54, 1.807) is 0 Å². The predicted molar refractivity (Wildman–Crippen MR) is 94.1 cm³/mol. The van der Waals surface area contributed by atoms with Crippen LogP contribution in [0.2, 0.25) is 0 Å². The molecule has 0 amide bonds. The Kier molecular flexibility index (Phi) is 3.68. The predicted octanol–water partition coefficient (Wildman–Crippen LogP) is 4.33. The summed E-state index contributed by atoms with van der Waals surface area (Å²) in [6.07, 6.45) is 0.853. The van der Waals surface area contributed by atoms with Crippen molar-refractivity contribution >= 4 is 17.8 Å². The van der Waals surface area contributed by atoms with Gasteiger partial charge < -0.3 is 5.32 Å². The summed E-state index contributed by atoms with van der Waals surface area (Å²) in [5, 5.41) is 3.57. The van der Waals surface area contributed by atoms with Crippen molar-refractivity contribution in [3.8, 4) is 11.3 Å². The van der Waals surface area contributed by atoms with Crippen LogP contribution < -0.4 is 5.32 Å². The first kappa shape index (κ1) is 15.3.